The van der Waals surface area contributed by atoms with E-state index >= 15 is 0 Å². The van der Waals surface area contributed by atoms with E-state index in [0.717, 1.165) is 17.9 Å². The van der Waals surface area contributed by atoms with E-state index in [4.69, 9.17) is 0 Å². The summed E-state index contributed by atoms with van der Waals surface area (Å²) >= 11 is 0. The van der Waals surface area contributed by atoms with Gasteiger partial charge >= 0.3 is 0 Å². The summed E-state index contributed by atoms with van der Waals surface area (Å²) in [5, 5.41) is 8.18. The first-order valence-corrected chi connectivity index (χ1v) is 7.94. The van der Waals surface area contributed by atoms with Crippen molar-refractivity contribution >= 4 is 0 Å². The molecule has 1 aromatic heterocycles. The van der Waals surface area contributed by atoms with Gasteiger partial charge in [0.15, 0.2) is 0 Å². The van der Waals surface area contributed by atoms with Gasteiger partial charge in [0.1, 0.15) is 0 Å². The molecule has 3 aliphatic rings. The Morgan fingerprint density at radius 3 is 2.84 bits per heavy atom. The Morgan fingerprint density at radius 1 is 1.37 bits per heavy atom. The first kappa shape index (κ1) is 12.0. The van der Waals surface area contributed by atoms with Crippen LogP contribution in [0.25, 0.3) is 0 Å². The third-order valence-electron chi connectivity index (χ3n) is 5.74. The maximum Gasteiger partial charge on any atom is 0.0521 e. The Hall–Kier alpha value is -0.830. The van der Waals surface area contributed by atoms with E-state index in [2.05, 4.69) is 22.8 Å². The molecule has 4 rings (SSSR count). The largest absolute Gasteiger partial charge is 0.313 e. The van der Waals surface area contributed by atoms with Crippen LogP contribution in [0.5, 0.6) is 0 Å². The fourth-order valence-corrected chi connectivity index (χ4v) is 4.66. The first-order valence-electron chi connectivity index (χ1n) is 7.94. The number of hydrogen-bond donors (Lipinski definition) is 1. The van der Waals surface area contributed by atoms with Gasteiger partial charge in [-0.2, -0.15) is 5.10 Å². The Labute approximate surface area is 115 Å². The molecule has 1 aromatic rings. The molecule has 3 unspecified atom stereocenters. The van der Waals surface area contributed by atoms with Crippen LogP contribution in [-0.4, -0.2) is 22.4 Å². The van der Waals surface area contributed by atoms with Crippen molar-refractivity contribution in [1.29, 1.82) is 0 Å². The van der Waals surface area contributed by atoms with Gasteiger partial charge in [0.2, 0.25) is 0 Å². The van der Waals surface area contributed by atoms with Gasteiger partial charge in [0, 0.05) is 25.8 Å². The Balaban J connectivity index is 1.53. The lowest BCUT2D eigenvalue weighted by molar-refractivity contribution is 0.155. The molecule has 0 aromatic carbocycles. The van der Waals surface area contributed by atoms with E-state index in [1.165, 1.54) is 57.1 Å². The summed E-state index contributed by atoms with van der Waals surface area (Å²) in [5.41, 5.74) is 1.97. The molecule has 3 aliphatic carbocycles. The number of rotatable bonds is 5. The maximum absolute atomic E-state index is 4.36. The highest BCUT2D eigenvalue weighted by atomic mass is 15.2. The van der Waals surface area contributed by atoms with E-state index in [9.17, 15) is 0 Å². The minimum Gasteiger partial charge on any atom is -0.313 e. The van der Waals surface area contributed by atoms with Gasteiger partial charge in [-0.1, -0.05) is 6.42 Å². The summed E-state index contributed by atoms with van der Waals surface area (Å²) in [6.07, 6.45) is 14.2. The highest BCUT2D eigenvalue weighted by molar-refractivity contribution is 5.13. The molecule has 19 heavy (non-hydrogen) atoms. The summed E-state index contributed by atoms with van der Waals surface area (Å²) in [6, 6.07) is 0.838. The minimum atomic E-state index is 0.536. The molecule has 3 saturated carbocycles. The van der Waals surface area contributed by atoms with Crippen molar-refractivity contribution in [3.8, 4) is 0 Å². The van der Waals surface area contributed by atoms with Crippen LogP contribution in [-0.2, 0) is 13.5 Å². The SMILES string of the molecule is Cn1cc(CC2(CNC3CC3)CC3CCC2C3)cn1. The second-order valence-corrected chi connectivity index (χ2v) is 7.30. The van der Waals surface area contributed by atoms with E-state index in [-0.39, 0.29) is 0 Å². The highest BCUT2D eigenvalue weighted by Crippen LogP contribution is 2.57. The van der Waals surface area contributed by atoms with Gasteiger partial charge in [0.25, 0.3) is 0 Å². The van der Waals surface area contributed by atoms with Gasteiger partial charge in [-0.25, -0.2) is 0 Å². The second kappa shape index (κ2) is 4.34. The lowest BCUT2D eigenvalue weighted by Crippen LogP contribution is -2.41. The third-order valence-corrected chi connectivity index (χ3v) is 5.74. The van der Waals surface area contributed by atoms with E-state index in [1.807, 2.05) is 11.7 Å². The van der Waals surface area contributed by atoms with Crippen LogP contribution in [0.3, 0.4) is 0 Å². The molecule has 1 heterocycles. The smallest absolute Gasteiger partial charge is 0.0521 e. The Kier molecular flexibility index (Phi) is 2.73. The molecule has 3 fully saturated rings. The fourth-order valence-electron chi connectivity index (χ4n) is 4.66. The second-order valence-electron chi connectivity index (χ2n) is 7.30. The quantitative estimate of drug-likeness (QED) is 0.880. The van der Waals surface area contributed by atoms with E-state index < -0.39 is 0 Å². The van der Waals surface area contributed by atoms with Crippen molar-refractivity contribution in [2.24, 2.45) is 24.3 Å². The normalized spacial score (nSPS) is 37.1. The van der Waals surface area contributed by atoms with Gasteiger partial charge in [-0.3, -0.25) is 4.68 Å². The first-order chi connectivity index (χ1) is 9.23. The van der Waals surface area contributed by atoms with Crippen LogP contribution >= 0.6 is 0 Å². The van der Waals surface area contributed by atoms with Crippen LogP contribution in [0, 0.1) is 17.3 Å². The Bertz CT molecular complexity index is 462. The van der Waals surface area contributed by atoms with Crippen LogP contribution in [0.2, 0.25) is 0 Å². The summed E-state index contributed by atoms with van der Waals surface area (Å²) in [6.45, 7) is 1.24. The number of aromatic nitrogens is 2. The van der Waals surface area contributed by atoms with Crippen molar-refractivity contribution in [3.05, 3.63) is 18.0 Å². The predicted molar refractivity (Wildman–Crippen MR) is 75.8 cm³/mol. The lowest BCUT2D eigenvalue weighted by atomic mass is 9.69. The monoisotopic (exact) mass is 259 g/mol. The molecule has 0 saturated heterocycles. The Morgan fingerprint density at radius 2 is 2.26 bits per heavy atom. The van der Waals surface area contributed by atoms with Gasteiger partial charge in [-0.05, 0) is 61.3 Å². The van der Waals surface area contributed by atoms with Crippen LogP contribution in [0.15, 0.2) is 12.4 Å². The summed E-state index contributed by atoms with van der Waals surface area (Å²) < 4.78 is 1.95. The zero-order valence-electron chi connectivity index (χ0n) is 11.9. The van der Waals surface area contributed by atoms with Crippen molar-refractivity contribution in [2.45, 2.75) is 51.0 Å². The van der Waals surface area contributed by atoms with Crippen molar-refractivity contribution in [2.75, 3.05) is 6.54 Å². The van der Waals surface area contributed by atoms with Gasteiger partial charge in [0.05, 0.1) is 6.20 Å². The molecule has 2 bridgehead atoms. The number of nitrogens with zero attached hydrogens (tertiary/aromatic N) is 2. The average molecular weight is 259 g/mol. The van der Waals surface area contributed by atoms with Crippen molar-refractivity contribution < 1.29 is 0 Å². The summed E-state index contributed by atoms with van der Waals surface area (Å²) in [5.74, 6) is 1.98. The molecule has 3 atom stereocenters. The zero-order chi connectivity index (χ0) is 12.9. The molecule has 1 N–H and O–H groups in total. The molecule has 104 valence electrons. The molecule has 0 spiro atoms. The summed E-state index contributed by atoms with van der Waals surface area (Å²) in [4.78, 5) is 0. The van der Waals surface area contributed by atoms with Crippen molar-refractivity contribution in [3.63, 3.8) is 0 Å². The standard InChI is InChI=1S/C16H25N3/c1-19-10-13(9-18-19)8-16(11-17-15-4-5-15)7-12-2-3-14(16)6-12/h9-10,12,14-15,17H,2-8,11H2,1H3. The van der Waals surface area contributed by atoms with E-state index in [1.54, 1.807) is 0 Å². The summed E-state index contributed by atoms with van der Waals surface area (Å²) in [7, 11) is 2.03. The van der Waals surface area contributed by atoms with Gasteiger partial charge < -0.3 is 5.32 Å². The topological polar surface area (TPSA) is 29.9 Å². The molecule has 0 amide bonds. The van der Waals surface area contributed by atoms with Crippen molar-refractivity contribution in [1.82, 2.24) is 15.1 Å². The number of fused-ring (bicyclic) bond motifs is 2. The zero-order valence-corrected chi connectivity index (χ0v) is 11.9. The number of aryl methyl sites for hydroxylation is 1. The highest BCUT2D eigenvalue weighted by Gasteiger charge is 2.50. The maximum atomic E-state index is 4.36. The molecule has 3 heteroatoms. The van der Waals surface area contributed by atoms with E-state index in [0.29, 0.717) is 5.41 Å². The minimum absolute atomic E-state index is 0.536. The van der Waals surface area contributed by atoms with Crippen LogP contribution < -0.4 is 5.32 Å². The molecule has 0 radical (unpaired) electrons. The molecular weight excluding hydrogens is 234 g/mol. The van der Waals surface area contributed by atoms with Gasteiger partial charge in [-0.15, -0.1) is 0 Å². The molecular formula is C16H25N3. The number of hydrogen-bond acceptors (Lipinski definition) is 2. The van der Waals surface area contributed by atoms with Crippen LogP contribution in [0.4, 0.5) is 0 Å². The van der Waals surface area contributed by atoms with Crippen LogP contribution in [0.1, 0.15) is 44.1 Å². The lowest BCUT2D eigenvalue weighted by Gasteiger charge is -2.38. The average Bonchev–Trinajstić information content (AvgIpc) is 2.80. The fraction of sp³-hybridized carbons (Fsp3) is 0.812. The molecule has 0 aliphatic heterocycles. The third kappa shape index (κ3) is 2.22. The molecule has 3 nitrogen and oxygen atoms in total. The predicted octanol–water partition coefficient (Wildman–Crippen LogP) is 2.52. The number of nitrogens with one attached hydrogen (secondary N) is 1.